The molecule has 9 heteroatoms. The molecule has 0 radical (unpaired) electrons. The van der Waals surface area contributed by atoms with Gasteiger partial charge in [-0.25, -0.2) is 12.7 Å². The number of carbonyl (C=O) groups excluding carboxylic acids is 1. The van der Waals surface area contributed by atoms with Gasteiger partial charge in [0.1, 0.15) is 12.0 Å². The zero-order valence-corrected chi connectivity index (χ0v) is 13.0. The van der Waals surface area contributed by atoms with E-state index < -0.39 is 15.9 Å². The summed E-state index contributed by atoms with van der Waals surface area (Å²) in [7, 11) is 0.558. The minimum absolute atomic E-state index is 0.0106. The summed E-state index contributed by atoms with van der Waals surface area (Å²) in [5.74, 6) is -0.0896. The molecule has 0 unspecified atom stereocenters. The Bertz CT molecular complexity index is 769. The fourth-order valence-corrected chi connectivity index (χ4v) is 2.62. The van der Waals surface area contributed by atoms with Crippen molar-refractivity contribution in [2.75, 3.05) is 26.5 Å². The summed E-state index contributed by atoms with van der Waals surface area (Å²) in [6.45, 7) is 0. The van der Waals surface area contributed by atoms with E-state index in [4.69, 9.17) is 4.74 Å². The first-order valence-electron chi connectivity index (χ1n) is 6.18. The molecular weight excluding hydrogens is 310 g/mol. The molecule has 0 spiro atoms. The maximum absolute atomic E-state index is 12.3. The van der Waals surface area contributed by atoms with Gasteiger partial charge < -0.3 is 14.6 Å². The van der Waals surface area contributed by atoms with E-state index >= 15 is 0 Å². The first-order valence-corrected chi connectivity index (χ1v) is 7.62. The van der Waals surface area contributed by atoms with Crippen LogP contribution in [0.1, 0.15) is 10.4 Å². The van der Waals surface area contributed by atoms with Gasteiger partial charge in [-0.05, 0) is 18.2 Å². The molecule has 1 aromatic carbocycles. The van der Waals surface area contributed by atoms with Crippen LogP contribution in [0.5, 0.6) is 5.75 Å². The van der Waals surface area contributed by atoms with Crippen LogP contribution in [0.4, 0.5) is 5.82 Å². The summed E-state index contributed by atoms with van der Waals surface area (Å²) in [5.41, 5.74) is 0.0772. The second-order valence-electron chi connectivity index (χ2n) is 4.49. The molecule has 8 nitrogen and oxygen atoms in total. The van der Waals surface area contributed by atoms with E-state index in [2.05, 4.69) is 15.0 Å². The molecule has 0 aliphatic heterocycles. The van der Waals surface area contributed by atoms with Crippen molar-refractivity contribution in [3.63, 3.8) is 0 Å². The van der Waals surface area contributed by atoms with E-state index in [1.807, 2.05) is 0 Å². The molecule has 0 bridgehead atoms. The van der Waals surface area contributed by atoms with Gasteiger partial charge in [-0.15, -0.1) is 0 Å². The molecule has 0 fully saturated rings. The predicted molar refractivity (Wildman–Crippen MR) is 78.3 cm³/mol. The second-order valence-corrected chi connectivity index (χ2v) is 6.64. The Hall–Kier alpha value is -2.39. The van der Waals surface area contributed by atoms with Crippen LogP contribution in [-0.2, 0) is 10.0 Å². The normalized spacial score (nSPS) is 11.5. The number of aromatic nitrogens is 1. The van der Waals surface area contributed by atoms with Crippen LogP contribution < -0.4 is 10.1 Å². The maximum Gasteiger partial charge on any atom is 0.260 e. The number of hydrogen-bond acceptors (Lipinski definition) is 6. The number of rotatable bonds is 5. The van der Waals surface area contributed by atoms with E-state index in [0.717, 1.165) is 4.31 Å². The molecule has 22 heavy (non-hydrogen) atoms. The minimum Gasteiger partial charge on any atom is -0.496 e. The second kappa shape index (κ2) is 6.16. The third kappa shape index (κ3) is 3.10. The predicted octanol–water partition coefficient (Wildman–Crippen LogP) is 1.19. The number of anilines is 1. The van der Waals surface area contributed by atoms with Gasteiger partial charge in [0, 0.05) is 20.2 Å². The molecular formula is C13H15N3O5S. The first-order chi connectivity index (χ1) is 10.4. The van der Waals surface area contributed by atoms with E-state index in [0.29, 0.717) is 0 Å². The Kier molecular flexibility index (Phi) is 4.48. The Labute approximate surface area is 127 Å². The van der Waals surface area contributed by atoms with Crippen LogP contribution in [0.25, 0.3) is 0 Å². The highest BCUT2D eigenvalue weighted by atomic mass is 32.2. The van der Waals surface area contributed by atoms with Crippen LogP contribution in [0, 0.1) is 0 Å². The monoisotopic (exact) mass is 325 g/mol. The molecule has 1 N–H and O–H groups in total. The molecule has 2 rings (SSSR count). The van der Waals surface area contributed by atoms with Crippen LogP contribution >= 0.6 is 0 Å². The van der Waals surface area contributed by atoms with Crippen molar-refractivity contribution in [3.05, 3.63) is 36.1 Å². The Morgan fingerprint density at radius 2 is 2.05 bits per heavy atom. The number of methoxy groups -OCH3 is 1. The van der Waals surface area contributed by atoms with Gasteiger partial charge in [0.2, 0.25) is 10.0 Å². The topological polar surface area (TPSA) is 102 Å². The number of amides is 1. The lowest BCUT2D eigenvalue weighted by atomic mass is 10.2. The molecule has 1 amide bonds. The highest BCUT2D eigenvalue weighted by molar-refractivity contribution is 7.89. The Morgan fingerprint density at radius 1 is 1.32 bits per heavy atom. The summed E-state index contributed by atoms with van der Waals surface area (Å²) in [6.07, 6.45) is 1.31. The van der Waals surface area contributed by atoms with Gasteiger partial charge in [-0.3, -0.25) is 4.79 Å². The fourth-order valence-electron chi connectivity index (χ4n) is 1.70. The lowest BCUT2D eigenvalue weighted by Crippen LogP contribution is -2.23. The number of hydrogen-bond donors (Lipinski definition) is 1. The Morgan fingerprint density at radius 3 is 2.59 bits per heavy atom. The molecule has 0 aliphatic carbocycles. The van der Waals surface area contributed by atoms with Crippen molar-refractivity contribution in [3.8, 4) is 5.75 Å². The number of nitrogens with one attached hydrogen (secondary N) is 1. The first kappa shape index (κ1) is 16.0. The average Bonchev–Trinajstić information content (AvgIpc) is 2.99. The highest BCUT2D eigenvalue weighted by Crippen LogP contribution is 2.24. The van der Waals surface area contributed by atoms with Crippen molar-refractivity contribution in [1.82, 2.24) is 9.46 Å². The van der Waals surface area contributed by atoms with E-state index in [-0.39, 0.29) is 22.0 Å². The minimum atomic E-state index is -3.66. The lowest BCUT2D eigenvalue weighted by Gasteiger charge is -2.14. The number of ether oxygens (including phenoxy) is 1. The zero-order chi connectivity index (χ0) is 16.3. The van der Waals surface area contributed by atoms with Crippen molar-refractivity contribution in [1.29, 1.82) is 0 Å². The summed E-state index contributed by atoms with van der Waals surface area (Å²) >= 11 is 0. The molecule has 0 saturated carbocycles. The summed E-state index contributed by atoms with van der Waals surface area (Å²) in [4.78, 5) is 12.2. The van der Waals surface area contributed by atoms with Crippen LogP contribution in [0.15, 0.2) is 39.9 Å². The molecule has 0 saturated heterocycles. The Balaban J connectivity index is 2.43. The fraction of sp³-hybridized carbons (Fsp3) is 0.231. The van der Waals surface area contributed by atoms with Gasteiger partial charge in [-0.2, -0.15) is 0 Å². The van der Waals surface area contributed by atoms with E-state index in [1.165, 1.54) is 51.7 Å². The van der Waals surface area contributed by atoms with Gasteiger partial charge >= 0.3 is 0 Å². The number of sulfonamides is 1. The van der Waals surface area contributed by atoms with Gasteiger partial charge in [0.25, 0.3) is 5.91 Å². The molecule has 2 aromatic rings. The average molecular weight is 325 g/mol. The third-order valence-corrected chi connectivity index (χ3v) is 4.68. The molecule has 118 valence electrons. The van der Waals surface area contributed by atoms with E-state index in [9.17, 15) is 13.2 Å². The highest BCUT2D eigenvalue weighted by Gasteiger charge is 2.22. The quantitative estimate of drug-likeness (QED) is 0.886. The van der Waals surface area contributed by atoms with Gasteiger partial charge in [0.15, 0.2) is 5.82 Å². The summed E-state index contributed by atoms with van der Waals surface area (Å²) in [5, 5.41) is 6.05. The van der Waals surface area contributed by atoms with Crippen molar-refractivity contribution in [2.24, 2.45) is 0 Å². The summed E-state index contributed by atoms with van der Waals surface area (Å²) < 4.78 is 35.1. The maximum atomic E-state index is 12.3. The van der Waals surface area contributed by atoms with Crippen molar-refractivity contribution < 1.29 is 22.5 Å². The third-order valence-electron chi connectivity index (χ3n) is 2.87. The van der Waals surface area contributed by atoms with Gasteiger partial charge in [0.05, 0.1) is 17.6 Å². The van der Waals surface area contributed by atoms with Crippen LogP contribution in [0.2, 0.25) is 0 Å². The lowest BCUT2D eigenvalue weighted by molar-refractivity contribution is 0.102. The smallest absolute Gasteiger partial charge is 0.260 e. The number of carbonyl (C=O) groups is 1. The molecule has 0 atom stereocenters. The van der Waals surface area contributed by atoms with Crippen LogP contribution in [0.3, 0.4) is 0 Å². The van der Waals surface area contributed by atoms with Crippen molar-refractivity contribution in [2.45, 2.75) is 4.90 Å². The molecule has 1 heterocycles. The largest absolute Gasteiger partial charge is 0.496 e. The number of benzene rings is 1. The standard InChI is InChI=1S/C13H15N3O5S/c1-16(2)22(18,19)9-4-5-11(20-3)10(8-9)13(17)14-12-6-7-21-15-12/h4-8H,1-3H3,(H,14,15,17). The number of nitrogens with zero attached hydrogens (tertiary/aromatic N) is 2. The summed E-state index contributed by atoms with van der Waals surface area (Å²) in [6, 6.07) is 5.52. The van der Waals surface area contributed by atoms with E-state index in [1.54, 1.807) is 0 Å². The SMILES string of the molecule is COc1ccc(S(=O)(=O)N(C)C)cc1C(=O)Nc1ccon1. The molecule has 1 aromatic heterocycles. The molecule has 0 aliphatic rings. The van der Waals surface area contributed by atoms with Gasteiger partial charge in [-0.1, -0.05) is 5.16 Å². The van der Waals surface area contributed by atoms with Crippen LogP contribution in [-0.4, -0.2) is 45.0 Å². The zero-order valence-electron chi connectivity index (χ0n) is 12.2. The van der Waals surface area contributed by atoms with Crippen molar-refractivity contribution >= 4 is 21.7 Å².